The van der Waals surface area contributed by atoms with Crippen LogP contribution in [-0.4, -0.2) is 24.5 Å². The third kappa shape index (κ3) is 4.60. The first-order valence-electron chi connectivity index (χ1n) is 18.2. The molecule has 0 fully saturated rings. The van der Waals surface area contributed by atoms with Gasteiger partial charge in [-0.15, -0.1) is 11.3 Å². The van der Waals surface area contributed by atoms with E-state index < -0.39 is 0 Å². The van der Waals surface area contributed by atoms with Crippen LogP contribution in [0.15, 0.2) is 168 Å². The van der Waals surface area contributed by atoms with Gasteiger partial charge >= 0.3 is 0 Å². The molecule has 4 aromatic heterocycles. The van der Waals surface area contributed by atoms with Crippen molar-refractivity contribution in [1.82, 2.24) is 24.5 Å². The van der Waals surface area contributed by atoms with Gasteiger partial charge in [0.25, 0.3) is 0 Å². The van der Waals surface area contributed by atoms with Crippen LogP contribution in [0.4, 0.5) is 0 Å². The van der Waals surface area contributed by atoms with Gasteiger partial charge in [0.15, 0.2) is 11.6 Å². The molecule has 12 aromatic rings. The molecule has 12 rings (SSSR count). The van der Waals surface area contributed by atoms with Crippen LogP contribution >= 0.6 is 11.3 Å². The summed E-state index contributed by atoms with van der Waals surface area (Å²) in [5.41, 5.74) is 7.60. The van der Waals surface area contributed by atoms with Crippen LogP contribution < -0.4 is 0 Å². The van der Waals surface area contributed by atoms with Crippen LogP contribution in [0.3, 0.4) is 0 Å². The molecule has 0 aliphatic heterocycles. The second-order valence-electron chi connectivity index (χ2n) is 13.8. The molecular formula is C48H27N5OS. The standard InChI is InChI=1S/C48H27N5OS/c1-2-12-30(13-3-1)47-49-44-41(55-47)26-25-40-43(44)42-36-27-31(22-21-29(36)23-24-39(42)54-40)45-50-46(35-18-10-14-28-11-4-5-15-32(28)35)52-48(51-45)53-37-19-8-6-16-33(37)34-17-7-9-20-38(34)53/h1-27H. The summed E-state index contributed by atoms with van der Waals surface area (Å²) in [7, 11) is 0. The number of para-hydroxylation sites is 2. The molecule has 0 spiro atoms. The van der Waals surface area contributed by atoms with Gasteiger partial charge < -0.3 is 4.42 Å². The van der Waals surface area contributed by atoms with Gasteiger partial charge in [0, 0.05) is 32.8 Å². The molecule has 4 heterocycles. The van der Waals surface area contributed by atoms with Crippen molar-refractivity contribution in [2.24, 2.45) is 0 Å². The third-order valence-electron chi connectivity index (χ3n) is 10.7. The highest BCUT2D eigenvalue weighted by Crippen LogP contribution is 2.42. The van der Waals surface area contributed by atoms with Gasteiger partial charge in [-0.1, -0.05) is 127 Å². The zero-order chi connectivity index (χ0) is 36.0. The quantitative estimate of drug-likeness (QED) is 0.181. The minimum Gasteiger partial charge on any atom is -0.456 e. The molecular weight excluding hydrogens is 695 g/mol. The Labute approximate surface area is 317 Å². The maximum atomic E-state index is 6.52. The number of fused-ring (bicyclic) bond motifs is 11. The van der Waals surface area contributed by atoms with Gasteiger partial charge in [-0.05, 0) is 57.9 Å². The number of rotatable bonds is 4. The summed E-state index contributed by atoms with van der Waals surface area (Å²) in [6.45, 7) is 0. The first-order chi connectivity index (χ1) is 27.2. The summed E-state index contributed by atoms with van der Waals surface area (Å²) >= 11 is 1.70. The lowest BCUT2D eigenvalue weighted by atomic mass is 10.0. The predicted molar refractivity (Wildman–Crippen MR) is 226 cm³/mol. The molecule has 0 radical (unpaired) electrons. The molecule has 0 saturated carbocycles. The van der Waals surface area contributed by atoms with E-state index >= 15 is 0 Å². The van der Waals surface area contributed by atoms with Crippen molar-refractivity contribution in [3.8, 4) is 39.3 Å². The Bertz CT molecular complexity index is 3450. The van der Waals surface area contributed by atoms with Gasteiger partial charge in [0.1, 0.15) is 16.2 Å². The normalized spacial score (nSPS) is 12.0. The number of benzene rings is 8. The average molecular weight is 722 g/mol. The van der Waals surface area contributed by atoms with Crippen LogP contribution in [0.2, 0.25) is 0 Å². The highest BCUT2D eigenvalue weighted by molar-refractivity contribution is 7.21. The Balaban J connectivity index is 1.14. The van der Waals surface area contributed by atoms with E-state index in [1.54, 1.807) is 11.3 Å². The van der Waals surface area contributed by atoms with E-state index in [2.05, 4.69) is 162 Å². The summed E-state index contributed by atoms with van der Waals surface area (Å²) in [5, 5.41) is 9.71. The van der Waals surface area contributed by atoms with Crippen molar-refractivity contribution in [1.29, 1.82) is 0 Å². The molecule has 55 heavy (non-hydrogen) atoms. The molecule has 0 unspecified atom stereocenters. The topological polar surface area (TPSA) is 69.6 Å². The number of nitrogens with zero attached hydrogens (tertiary/aromatic N) is 5. The lowest BCUT2D eigenvalue weighted by Gasteiger charge is -2.12. The lowest BCUT2D eigenvalue weighted by Crippen LogP contribution is -2.06. The summed E-state index contributed by atoms with van der Waals surface area (Å²) < 4.78 is 9.80. The Kier molecular flexibility index (Phi) is 6.40. The van der Waals surface area contributed by atoms with Gasteiger partial charge in [-0.3, -0.25) is 4.57 Å². The lowest BCUT2D eigenvalue weighted by molar-refractivity contribution is 0.669. The fourth-order valence-electron chi connectivity index (χ4n) is 8.18. The molecule has 0 atom stereocenters. The molecule has 7 heteroatoms. The van der Waals surface area contributed by atoms with Gasteiger partial charge in [-0.2, -0.15) is 9.97 Å². The number of aromatic nitrogens is 5. The maximum Gasteiger partial charge on any atom is 0.238 e. The highest BCUT2D eigenvalue weighted by Gasteiger charge is 2.21. The molecule has 6 nitrogen and oxygen atoms in total. The summed E-state index contributed by atoms with van der Waals surface area (Å²) in [6, 6.07) is 56.8. The maximum absolute atomic E-state index is 6.52. The molecule has 0 saturated heterocycles. The minimum atomic E-state index is 0.565. The van der Waals surface area contributed by atoms with Crippen LogP contribution in [0.5, 0.6) is 0 Å². The van der Waals surface area contributed by atoms with Gasteiger partial charge in [0.05, 0.1) is 26.6 Å². The smallest absolute Gasteiger partial charge is 0.238 e. The molecule has 8 aromatic carbocycles. The highest BCUT2D eigenvalue weighted by atomic mass is 32.1. The van der Waals surface area contributed by atoms with Crippen LogP contribution in [0, 0.1) is 0 Å². The van der Waals surface area contributed by atoms with E-state index in [0.29, 0.717) is 17.6 Å². The van der Waals surface area contributed by atoms with Crippen molar-refractivity contribution >= 4 is 86.8 Å². The minimum absolute atomic E-state index is 0.565. The van der Waals surface area contributed by atoms with Crippen molar-refractivity contribution in [2.75, 3.05) is 0 Å². The summed E-state index contributed by atoms with van der Waals surface area (Å²) in [4.78, 5) is 21.0. The van der Waals surface area contributed by atoms with Crippen molar-refractivity contribution in [3.05, 3.63) is 164 Å². The fraction of sp³-hybridized carbons (Fsp3) is 0. The van der Waals surface area contributed by atoms with Gasteiger partial charge in [-0.25, -0.2) is 9.97 Å². The second kappa shape index (κ2) is 11.6. The number of hydrogen-bond acceptors (Lipinski definition) is 6. The molecule has 0 bridgehead atoms. The summed E-state index contributed by atoms with van der Waals surface area (Å²) in [6.07, 6.45) is 0. The molecule has 0 N–H and O–H groups in total. The Morgan fingerprint density at radius 2 is 1.11 bits per heavy atom. The number of furan rings is 1. The average Bonchev–Trinajstić information content (AvgIpc) is 3.95. The van der Waals surface area contributed by atoms with E-state index in [0.717, 1.165) is 97.2 Å². The first-order valence-corrected chi connectivity index (χ1v) is 19.0. The van der Waals surface area contributed by atoms with E-state index in [1.807, 2.05) is 6.07 Å². The molecule has 0 amide bonds. The van der Waals surface area contributed by atoms with Gasteiger partial charge in [0.2, 0.25) is 5.95 Å². The zero-order valence-corrected chi connectivity index (χ0v) is 30.0. The van der Waals surface area contributed by atoms with Crippen LogP contribution in [0.1, 0.15) is 0 Å². The van der Waals surface area contributed by atoms with E-state index in [4.69, 9.17) is 24.4 Å². The predicted octanol–water partition coefficient (Wildman–Crippen LogP) is 12.8. The first kappa shape index (κ1) is 30.3. The fourth-order valence-corrected chi connectivity index (χ4v) is 9.16. The van der Waals surface area contributed by atoms with Crippen LogP contribution in [-0.2, 0) is 0 Å². The Morgan fingerprint density at radius 1 is 0.455 bits per heavy atom. The Hall–Kier alpha value is -7.22. The van der Waals surface area contributed by atoms with E-state index in [9.17, 15) is 0 Å². The SMILES string of the molecule is c1ccc(-c2nc3c(ccc4oc5ccc6ccc(-c7nc(-c8cccc9ccccc89)nc(-n8c9ccccc9c9ccccc98)n7)cc6c5c43)s2)cc1. The zero-order valence-electron chi connectivity index (χ0n) is 29.1. The van der Waals surface area contributed by atoms with Crippen molar-refractivity contribution in [3.63, 3.8) is 0 Å². The molecule has 0 aliphatic carbocycles. The van der Waals surface area contributed by atoms with Crippen LogP contribution in [0.25, 0.3) is 115 Å². The third-order valence-corrected chi connectivity index (χ3v) is 11.8. The summed E-state index contributed by atoms with van der Waals surface area (Å²) in [5.74, 6) is 1.77. The monoisotopic (exact) mass is 721 g/mol. The molecule has 256 valence electrons. The van der Waals surface area contributed by atoms with E-state index in [1.165, 1.54) is 0 Å². The Morgan fingerprint density at radius 3 is 1.95 bits per heavy atom. The van der Waals surface area contributed by atoms with Crippen molar-refractivity contribution in [2.45, 2.75) is 0 Å². The number of hydrogen-bond donors (Lipinski definition) is 0. The second-order valence-corrected chi connectivity index (χ2v) is 14.9. The molecule has 0 aliphatic rings. The van der Waals surface area contributed by atoms with E-state index in [-0.39, 0.29) is 0 Å². The number of thiazole rings is 1. The van der Waals surface area contributed by atoms with Crippen molar-refractivity contribution < 1.29 is 4.42 Å². The largest absolute Gasteiger partial charge is 0.456 e.